The maximum absolute atomic E-state index is 11.4. The van der Waals surface area contributed by atoms with Crippen LogP contribution in [0.2, 0.25) is 0 Å². The summed E-state index contributed by atoms with van der Waals surface area (Å²) in [5.74, 6) is 0.353. The molecule has 0 aliphatic rings. The van der Waals surface area contributed by atoms with Crippen molar-refractivity contribution in [3.8, 4) is 5.75 Å². The van der Waals surface area contributed by atoms with Gasteiger partial charge in [0.05, 0.1) is 0 Å². The number of hydrogen-bond acceptors (Lipinski definition) is 3. The molecule has 2 rings (SSSR count). The molecule has 21 heavy (non-hydrogen) atoms. The molecule has 1 unspecified atom stereocenters. The highest BCUT2D eigenvalue weighted by Gasteiger charge is 2.12. The van der Waals surface area contributed by atoms with Gasteiger partial charge in [0.15, 0.2) is 0 Å². The minimum Gasteiger partial charge on any atom is -0.507 e. The number of phenols is 1. The normalized spacial score (nSPS) is 12.3. The van der Waals surface area contributed by atoms with E-state index >= 15 is 0 Å². The van der Waals surface area contributed by atoms with E-state index in [1.54, 1.807) is 0 Å². The van der Waals surface area contributed by atoms with Crippen LogP contribution in [-0.2, 0) is 4.79 Å². The second-order valence-electron chi connectivity index (χ2n) is 5.10. The zero-order chi connectivity index (χ0) is 15.2. The number of nitrogens with one attached hydrogen (secondary N) is 2. The molecule has 112 valence electrons. The van der Waals surface area contributed by atoms with Crippen LogP contribution in [0.4, 0.5) is 0 Å². The van der Waals surface area contributed by atoms with Crippen LogP contribution in [0.25, 0.3) is 10.8 Å². The average molecular weight is 286 g/mol. The third kappa shape index (κ3) is 3.73. The predicted octanol–water partition coefficient (Wildman–Crippen LogP) is 2.72. The maximum Gasteiger partial charge on any atom is 0.221 e. The minimum atomic E-state index is -0.0102. The molecule has 0 bridgehead atoms. The number of rotatable bonds is 6. The van der Waals surface area contributed by atoms with Crippen LogP contribution in [0.3, 0.4) is 0 Å². The Bertz CT molecular complexity index is 625. The zero-order valence-electron chi connectivity index (χ0n) is 12.5. The summed E-state index contributed by atoms with van der Waals surface area (Å²) in [4.78, 5) is 11.4. The Morgan fingerprint density at radius 3 is 2.76 bits per heavy atom. The number of carbonyl (C=O) groups excluding carboxylic acids is 1. The molecule has 0 aromatic heterocycles. The van der Waals surface area contributed by atoms with E-state index in [0.29, 0.717) is 25.3 Å². The summed E-state index contributed by atoms with van der Waals surface area (Å²) in [6.07, 6.45) is 0.437. The number of aromatic hydroxyl groups is 1. The third-order valence-electron chi connectivity index (χ3n) is 3.57. The molecule has 0 heterocycles. The molecule has 0 aliphatic carbocycles. The van der Waals surface area contributed by atoms with Gasteiger partial charge in [0, 0.05) is 36.5 Å². The molecule has 2 aromatic rings. The van der Waals surface area contributed by atoms with E-state index in [-0.39, 0.29) is 11.9 Å². The van der Waals surface area contributed by atoms with Crippen molar-refractivity contribution >= 4 is 16.7 Å². The standard InChI is InChI=1S/C17H22N2O2/c1-3-18-16(20)10-11-19-12(2)14-9-8-13-6-4-5-7-15(13)17(14)21/h4-9,12,19,21H,3,10-11H2,1-2H3,(H,18,20). The number of fused-ring (bicyclic) bond motifs is 1. The number of benzene rings is 2. The summed E-state index contributed by atoms with van der Waals surface area (Å²) in [6.45, 7) is 5.13. The van der Waals surface area contributed by atoms with Gasteiger partial charge in [-0.1, -0.05) is 36.4 Å². The number of hydrogen-bond donors (Lipinski definition) is 3. The molecule has 0 spiro atoms. The fraction of sp³-hybridized carbons (Fsp3) is 0.353. The van der Waals surface area contributed by atoms with Gasteiger partial charge in [-0.2, -0.15) is 0 Å². The van der Waals surface area contributed by atoms with Crippen molar-refractivity contribution in [3.05, 3.63) is 42.0 Å². The van der Waals surface area contributed by atoms with Gasteiger partial charge in [-0.25, -0.2) is 0 Å². The van der Waals surface area contributed by atoms with Gasteiger partial charge in [0.2, 0.25) is 5.91 Å². The van der Waals surface area contributed by atoms with Crippen molar-refractivity contribution in [1.82, 2.24) is 10.6 Å². The van der Waals surface area contributed by atoms with Crippen LogP contribution in [0, 0.1) is 0 Å². The van der Waals surface area contributed by atoms with Crippen molar-refractivity contribution < 1.29 is 9.90 Å². The first-order valence-corrected chi connectivity index (χ1v) is 7.34. The Morgan fingerprint density at radius 1 is 1.24 bits per heavy atom. The highest BCUT2D eigenvalue weighted by Crippen LogP contribution is 2.32. The topological polar surface area (TPSA) is 61.4 Å². The third-order valence-corrected chi connectivity index (χ3v) is 3.57. The van der Waals surface area contributed by atoms with Gasteiger partial charge in [-0.05, 0) is 19.2 Å². The SMILES string of the molecule is CCNC(=O)CCNC(C)c1ccc2ccccc2c1O. The molecule has 1 amide bonds. The van der Waals surface area contributed by atoms with Gasteiger partial charge in [0.25, 0.3) is 0 Å². The van der Waals surface area contributed by atoms with Crippen molar-refractivity contribution in [2.45, 2.75) is 26.3 Å². The monoisotopic (exact) mass is 286 g/mol. The molecule has 0 aliphatic heterocycles. The largest absolute Gasteiger partial charge is 0.507 e. The highest BCUT2D eigenvalue weighted by molar-refractivity contribution is 5.89. The number of phenolic OH excluding ortho intramolecular Hbond substituents is 1. The second-order valence-corrected chi connectivity index (χ2v) is 5.10. The van der Waals surface area contributed by atoms with E-state index in [4.69, 9.17) is 0 Å². The Balaban J connectivity index is 2.04. The van der Waals surface area contributed by atoms with E-state index in [0.717, 1.165) is 16.3 Å². The van der Waals surface area contributed by atoms with Crippen LogP contribution in [0.5, 0.6) is 5.75 Å². The molecule has 4 nitrogen and oxygen atoms in total. The molecule has 0 saturated heterocycles. The number of carbonyl (C=O) groups is 1. The molecular weight excluding hydrogens is 264 g/mol. The molecule has 2 aromatic carbocycles. The smallest absolute Gasteiger partial charge is 0.221 e. The summed E-state index contributed by atoms with van der Waals surface area (Å²) in [5.41, 5.74) is 0.851. The lowest BCUT2D eigenvalue weighted by Gasteiger charge is -2.16. The van der Waals surface area contributed by atoms with Crippen molar-refractivity contribution in [1.29, 1.82) is 0 Å². The lowest BCUT2D eigenvalue weighted by atomic mass is 10.0. The van der Waals surface area contributed by atoms with Crippen LogP contribution >= 0.6 is 0 Å². The number of amides is 1. The first-order chi connectivity index (χ1) is 10.1. The lowest BCUT2D eigenvalue weighted by Crippen LogP contribution is -2.28. The Kier molecular flexibility index (Phi) is 5.17. The van der Waals surface area contributed by atoms with Crippen LogP contribution in [-0.4, -0.2) is 24.1 Å². The quantitative estimate of drug-likeness (QED) is 0.765. The zero-order valence-corrected chi connectivity index (χ0v) is 12.5. The Morgan fingerprint density at radius 2 is 2.00 bits per heavy atom. The van der Waals surface area contributed by atoms with Gasteiger partial charge >= 0.3 is 0 Å². The Hall–Kier alpha value is -2.07. The fourth-order valence-corrected chi connectivity index (χ4v) is 2.42. The van der Waals surface area contributed by atoms with Gasteiger partial charge in [-0.3, -0.25) is 4.79 Å². The van der Waals surface area contributed by atoms with Gasteiger partial charge in [0.1, 0.15) is 5.75 Å². The fourth-order valence-electron chi connectivity index (χ4n) is 2.42. The van der Waals surface area contributed by atoms with Crippen LogP contribution in [0.1, 0.15) is 31.9 Å². The van der Waals surface area contributed by atoms with E-state index in [2.05, 4.69) is 10.6 Å². The van der Waals surface area contributed by atoms with Crippen molar-refractivity contribution in [2.75, 3.05) is 13.1 Å². The molecule has 3 N–H and O–H groups in total. The second kappa shape index (κ2) is 7.09. The lowest BCUT2D eigenvalue weighted by molar-refractivity contribution is -0.120. The Labute approximate surface area is 125 Å². The first kappa shape index (κ1) is 15.3. The van der Waals surface area contributed by atoms with E-state index in [9.17, 15) is 9.90 Å². The summed E-state index contributed by atoms with van der Waals surface area (Å²) in [7, 11) is 0. The summed E-state index contributed by atoms with van der Waals surface area (Å²) in [5, 5.41) is 18.3. The summed E-state index contributed by atoms with van der Waals surface area (Å²) in [6, 6.07) is 11.7. The molecule has 0 radical (unpaired) electrons. The van der Waals surface area contributed by atoms with Crippen molar-refractivity contribution in [3.63, 3.8) is 0 Å². The average Bonchev–Trinajstić information content (AvgIpc) is 2.48. The molecule has 0 saturated carbocycles. The molecule has 1 atom stereocenters. The van der Waals surface area contributed by atoms with Crippen LogP contribution < -0.4 is 10.6 Å². The maximum atomic E-state index is 11.4. The van der Waals surface area contributed by atoms with Gasteiger partial charge < -0.3 is 15.7 Å². The first-order valence-electron chi connectivity index (χ1n) is 7.34. The minimum absolute atomic E-state index is 0.0102. The summed E-state index contributed by atoms with van der Waals surface area (Å²) < 4.78 is 0. The highest BCUT2D eigenvalue weighted by atomic mass is 16.3. The van der Waals surface area contributed by atoms with E-state index in [1.807, 2.05) is 50.2 Å². The van der Waals surface area contributed by atoms with E-state index < -0.39 is 0 Å². The molecular formula is C17H22N2O2. The van der Waals surface area contributed by atoms with Gasteiger partial charge in [-0.15, -0.1) is 0 Å². The van der Waals surface area contributed by atoms with E-state index in [1.165, 1.54) is 0 Å². The molecule has 0 fully saturated rings. The van der Waals surface area contributed by atoms with Crippen LogP contribution in [0.15, 0.2) is 36.4 Å². The summed E-state index contributed by atoms with van der Waals surface area (Å²) >= 11 is 0. The molecule has 4 heteroatoms. The van der Waals surface area contributed by atoms with Crippen molar-refractivity contribution in [2.24, 2.45) is 0 Å². The predicted molar refractivity (Wildman–Crippen MR) is 85.3 cm³/mol.